The Morgan fingerprint density at radius 3 is 2.11 bits per heavy atom. The maximum Gasteiger partial charge on any atom is 0.243 e. The zero-order chi connectivity index (χ0) is 20.6. The molecular formula is C19H14ClF2NO3S2. The molecule has 0 fully saturated rings. The van der Waals surface area contributed by atoms with E-state index in [1.165, 1.54) is 7.11 Å². The van der Waals surface area contributed by atoms with Gasteiger partial charge < -0.3 is 4.74 Å². The van der Waals surface area contributed by atoms with Crippen molar-refractivity contribution in [1.29, 1.82) is 0 Å². The van der Waals surface area contributed by atoms with Gasteiger partial charge in [0.25, 0.3) is 0 Å². The molecule has 0 bridgehead atoms. The van der Waals surface area contributed by atoms with Gasteiger partial charge in [0.05, 0.1) is 12.1 Å². The number of thiol groups is 1. The molecule has 3 rings (SSSR count). The van der Waals surface area contributed by atoms with Gasteiger partial charge in [-0.15, -0.1) is 12.6 Å². The molecule has 0 aromatic heterocycles. The van der Waals surface area contributed by atoms with Gasteiger partial charge in [-0.2, -0.15) is 0 Å². The Bertz CT molecular complexity index is 1160. The van der Waals surface area contributed by atoms with Crippen molar-refractivity contribution in [2.75, 3.05) is 7.11 Å². The topological polar surface area (TPSA) is 69.4 Å². The van der Waals surface area contributed by atoms with Crippen LogP contribution in [0.2, 0.25) is 5.02 Å². The molecule has 0 atom stereocenters. The van der Waals surface area contributed by atoms with E-state index in [1.807, 2.05) is 0 Å². The first-order chi connectivity index (χ1) is 13.1. The summed E-state index contributed by atoms with van der Waals surface area (Å²) in [4.78, 5) is -0.620. The van der Waals surface area contributed by atoms with Crippen LogP contribution in [0.5, 0.6) is 5.75 Å². The van der Waals surface area contributed by atoms with Crippen LogP contribution in [-0.2, 0) is 10.0 Å². The lowest BCUT2D eigenvalue weighted by atomic mass is 10.00. The number of sulfonamides is 1. The average molecular weight is 442 g/mol. The minimum Gasteiger partial charge on any atom is -0.495 e. The average Bonchev–Trinajstić information content (AvgIpc) is 2.60. The van der Waals surface area contributed by atoms with Crippen LogP contribution in [0.15, 0.2) is 58.3 Å². The molecule has 0 saturated heterocycles. The summed E-state index contributed by atoms with van der Waals surface area (Å²) in [6.45, 7) is 0. The number of nitrogens with two attached hydrogens (primary N) is 1. The third kappa shape index (κ3) is 4.00. The van der Waals surface area contributed by atoms with E-state index in [4.69, 9.17) is 21.5 Å². The van der Waals surface area contributed by atoms with Gasteiger partial charge in [0, 0.05) is 4.90 Å². The second-order valence-corrected chi connectivity index (χ2v) is 8.28. The number of halogens is 3. The number of rotatable bonds is 4. The quantitative estimate of drug-likeness (QED) is 0.566. The van der Waals surface area contributed by atoms with E-state index in [0.717, 1.165) is 23.3 Å². The monoisotopic (exact) mass is 441 g/mol. The first-order valence-electron chi connectivity index (χ1n) is 7.81. The molecule has 0 radical (unpaired) electrons. The van der Waals surface area contributed by atoms with Crippen molar-refractivity contribution in [3.63, 3.8) is 0 Å². The predicted octanol–water partition coefficient (Wildman–Crippen LogP) is 4.90. The highest BCUT2D eigenvalue weighted by Crippen LogP contribution is 2.36. The van der Waals surface area contributed by atoms with Crippen LogP contribution >= 0.6 is 24.2 Å². The summed E-state index contributed by atoms with van der Waals surface area (Å²) in [5.41, 5.74) is 2.15. The Hall–Kier alpha value is -2.13. The minimum atomic E-state index is -4.51. The van der Waals surface area contributed by atoms with Crippen LogP contribution in [0.1, 0.15) is 0 Å². The second kappa shape index (κ2) is 7.71. The minimum absolute atomic E-state index is 0.151. The van der Waals surface area contributed by atoms with Crippen molar-refractivity contribution in [2.45, 2.75) is 9.79 Å². The molecule has 0 amide bonds. The van der Waals surface area contributed by atoms with Crippen molar-refractivity contribution in [2.24, 2.45) is 5.14 Å². The Balaban J connectivity index is 2.06. The lowest BCUT2D eigenvalue weighted by Gasteiger charge is -2.12. The van der Waals surface area contributed by atoms with Gasteiger partial charge in [-0.25, -0.2) is 22.3 Å². The van der Waals surface area contributed by atoms with Crippen molar-refractivity contribution in [3.8, 4) is 28.0 Å². The lowest BCUT2D eigenvalue weighted by molar-refractivity contribution is 0.415. The number of benzene rings is 3. The van der Waals surface area contributed by atoms with Crippen LogP contribution in [0.25, 0.3) is 22.3 Å². The molecule has 2 N–H and O–H groups in total. The van der Waals surface area contributed by atoms with E-state index >= 15 is 0 Å². The fourth-order valence-electron chi connectivity index (χ4n) is 2.78. The van der Waals surface area contributed by atoms with Gasteiger partial charge in [-0.05, 0) is 52.6 Å². The molecule has 0 aliphatic rings. The summed E-state index contributed by atoms with van der Waals surface area (Å²) in [6, 6.07) is 12.0. The fourth-order valence-corrected chi connectivity index (χ4v) is 3.98. The number of hydrogen-bond acceptors (Lipinski definition) is 4. The molecule has 0 aliphatic heterocycles. The van der Waals surface area contributed by atoms with Gasteiger partial charge in [0.1, 0.15) is 17.4 Å². The molecule has 4 nitrogen and oxygen atoms in total. The molecule has 0 unspecified atom stereocenters. The highest BCUT2D eigenvalue weighted by Gasteiger charge is 2.22. The molecule has 0 spiro atoms. The van der Waals surface area contributed by atoms with Crippen molar-refractivity contribution in [3.05, 3.63) is 65.2 Å². The third-order valence-electron chi connectivity index (χ3n) is 4.08. The van der Waals surface area contributed by atoms with Crippen LogP contribution in [0, 0.1) is 11.6 Å². The largest absolute Gasteiger partial charge is 0.495 e. The van der Waals surface area contributed by atoms with E-state index in [2.05, 4.69) is 12.6 Å². The SMILES string of the molecule is COc1cc(-c2ccc(-c3cc(F)c(S(N)(=O)=O)c(F)c3)cc2S)ccc1Cl. The van der Waals surface area contributed by atoms with Crippen LogP contribution in [0.4, 0.5) is 8.78 Å². The molecule has 3 aromatic rings. The summed E-state index contributed by atoms with van der Waals surface area (Å²) in [7, 11) is -3.01. The zero-order valence-corrected chi connectivity index (χ0v) is 16.9. The molecule has 28 heavy (non-hydrogen) atoms. The fraction of sp³-hybridized carbons (Fsp3) is 0.0526. The molecule has 0 saturated carbocycles. The van der Waals surface area contributed by atoms with E-state index in [0.29, 0.717) is 21.2 Å². The first-order valence-corrected chi connectivity index (χ1v) is 10.2. The van der Waals surface area contributed by atoms with E-state index < -0.39 is 26.6 Å². The van der Waals surface area contributed by atoms with Crippen LogP contribution in [-0.4, -0.2) is 15.5 Å². The molecule has 9 heteroatoms. The second-order valence-electron chi connectivity index (χ2n) is 5.90. The maximum atomic E-state index is 14.1. The molecule has 0 aliphatic carbocycles. The van der Waals surface area contributed by atoms with E-state index in [9.17, 15) is 17.2 Å². The summed E-state index contributed by atoms with van der Waals surface area (Å²) in [5.74, 6) is -2.02. The van der Waals surface area contributed by atoms with Gasteiger partial charge in [-0.1, -0.05) is 29.8 Å². The molecule has 146 valence electrons. The Morgan fingerprint density at radius 2 is 1.57 bits per heavy atom. The maximum absolute atomic E-state index is 14.1. The summed E-state index contributed by atoms with van der Waals surface area (Å²) < 4.78 is 56.1. The lowest BCUT2D eigenvalue weighted by Crippen LogP contribution is -2.16. The smallest absolute Gasteiger partial charge is 0.243 e. The van der Waals surface area contributed by atoms with E-state index in [-0.39, 0.29) is 5.56 Å². The molecule has 3 aromatic carbocycles. The molecule has 0 heterocycles. The van der Waals surface area contributed by atoms with Gasteiger partial charge in [-0.3, -0.25) is 0 Å². The predicted molar refractivity (Wildman–Crippen MR) is 107 cm³/mol. The highest BCUT2D eigenvalue weighted by atomic mass is 35.5. The van der Waals surface area contributed by atoms with Crippen LogP contribution < -0.4 is 9.88 Å². The number of primary sulfonamides is 1. The molecular weight excluding hydrogens is 428 g/mol. The van der Waals surface area contributed by atoms with Crippen LogP contribution in [0.3, 0.4) is 0 Å². The van der Waals surface area contributed by atoms with Gasteiger partial charge in [0.2, 0.25) is 10.0 Å². The number of methoxy groups -OCH3 is 1. The van der Waals surface area contributed by atoms with Gasteiger partial charge >= 0.3 is 0 Å². The Labute approximate surface area is 171 Å². The van der Waals surface area contributed by atoms with Crippen molar-refractivity contribution in [1.82, 2.24) is 0 Å². The summed E-state index contributed by atoms with van der Waals surface area (Å²) in [5, 5.41) is 5.31. The van der Waals surface area contributed by atoms with Crippen molar-refractivity contribution >= 4 is 34.3 Å². The summed E-state index contributed by atoms with van der Waals surface area (Å²) >= 11 is 10.5. The normalized spacial score (nSPS) is 11.5. The standard InChI is InChI=1S/C19H14ClF2NO3S2/c1-26-17-8-11(3-5-14(17)20)13-4-2-10(9-18(13)27)12-6-15(21)19(16(22)7-12)28(23,24)25/h2-9,27H,1H3,(H2,23,24,25). The zero-order valence-electron chi connectivity index (χ0n) is 14.4. The summed E-state index contributed by atoms with van der Waals surface area (Å²) in [6.07, 6.45) is 0. The third-order valence-corrected chi connectivity index (χ3v) is 5.72. The van der Waals surface area contributed by atoms with Crippen molar-refractivity contribution < 1.29 is 21.9 Å². The van der Waals surface area contributed by atoms with E-state index in [1.54, 1.807) is 36.4 Å². The Kier molecular flexibility index (Phi) is 5.67. The number of ether oxygens (including phenoxy) is 1. The highest BCUT2D eigenvalue weighted by molar-refractivity contribution is 7.89. The Morgan fingerprint density at radius 1 is 0.964 bits per heavy atom. The van der Waals surface area contributed by atoms with Gasteiger partial charge in [0.15, 0.2) is 4.90 Å². The first kappa shape index (κ1) is 20.6. The number of hydrogen-bond donors (Lipinski definition) is 2.